The number of nitrogens with one attached hydrogen (secondary N) is 2. The van der Waals surface area contributed by atoms with Gasteiger partial charge in [-0.15, -0.1) is 24.0 Å². The lowest BCUT2D eigenvalue weighted by Gasteiger charge is -2.28. The number of rotatable bonds is 8. The monoisotopic (exact) mass is 488 g/mol. The molecule has 0 aliphatic heterocycles. The van der Waals surface area contributed by atoms with Crippen LogP contribution in [0.5, 0.6) is 0 Å². The van der Waals surface area contributed by atoms with Crippen molar-refractivity contribution in [1.82, 2.24) is 15.5 Å². The molecule has 0 radical (unpaired) electrons. The lowest BCUT2D eigenvalue weighted by Crippen LogP contribution is -2.45. The molecule has 1 aromatic carbocycles. The molecule has 0 bridgehead atoms. The summed E-state index contributed by atoms with van der Waals surface area (Å²) in [6, 6.07) is 11.5. The third-order valence-electron chi connectivity index (χ3n) is 5.23. The second kappa shape index (κ2) is 13.3. The number of halogens is 1. The molecule has 0 heterocycles. The van der Waals surface area contributed by atoms with Gasteiger partial charge in [-0.05, 0) is 58.6 Å². The molecule has 0 aromatic heterocycles. The Kier molecular flexibility index (Phi) is 11.9. The van der Waals surface area contributed by atoms with Crippen molar-refractivity contribution in [2.75, 3.05) is 20.1 Å². The zero-order chi connectivity index (χ0) is 18.8. The van der Waals surface area contributed by atoms with Crippen LogP contribution in [0.15, 0.2) is 35.3 Å². The summed E-state index contributed by atoms with van der Waals surface area (Å²) in [5, 5.41) is 16.5. The molecule has 1 fully saturated rings. The molecule has 1 aliphatic rings. The molecule has 3 N–H and O–H groups in total. The van der Waals surface area contributed by atoms with Crippen LogP contribution in [0.2, 0.25) is 0 Å². The number of nitrogens with zero attached hydrogens (tertiary/aromatic N) is 2. The van der Waals surface area contributed by atoms with E-state index in [1.807, 2.05) is 0 Å². The van der Waals surface area contributed by atoms with E-state index in [2.05, 4.69) is 66.8 Å². The van der Waals surface area contributed by atoms with Crippen molar-refractivity contribution in [1.29, 1.82) is 0 Å². The third-order valence-corrected chi connectivity index (χ3v) is 5.23. The van der Waals surface area contributed by atoms with E-state index in [4.69, 9.17) is 4.99 Å². The van der Waals surface area contributed by atoms with Crippen LogP contribution in [-0.2, 0) is 6.54 Å². The number of aliphatic hydroxyl groups excluding tert-OH is 1. The largest absolute Gasteiger partial charge is 0.393 e. The molecule has 154 valence electrons. The number of hydrogen-bond acceptors (Lipinski definition) is 3. The summed E-state index contributed by atoms with van der Waals surface area (Å²) < 4.78 is 0. The van der Waals surface area contributed by atoms with Crippen LogP contribution < -0.4 is 10.6 Å². The van der Waals surface area contributed by atoms with Gasteiger partial charge >= 0.3 is 0 Å². The maximum absolute atomic E-state index is 9.65. The minimum absolute atomic E-state index is 0. The van der Waals surface area contributed by atoms with E-state index in [0.717, 1.165) is 57.7 Å². The Hall–Kier alpha value is -0.860. The maximum Gasteiger partial charge on any atom is 0.191 e. The lowest BCUT2D eigenvalue weighted by molar-refractivity contribution is 0.120. The van der Waals surface area contributed by atoms with Gasteiger partial charge in [0.25, 0.3) is 0 Å². The van der Waals surface area contributed by atoms with Crippen LogP contribution in [0.3, 0.4) is 0 Å². The van der Waals surface area contributed by atoms with Crippen molar-refractivity contribution in [3.05, 3.63) is 35.9 Å². The van der Waals surface area contributed by atoms with Gasteiger partial charge in [0.15, 0.2) is 5.96 Å². The Labute approximate surface area is 182 Å². The maximum atomic E-state index is 9.65. The molecule has 1 atom stereocenters. The van der Waals surface area contributed by atoms with E-state index in [-0.39, 0.29) is 30.1 Å². The van der Waals surface area contributed by atoms with Crippen LogP contribution in [0, 0.1) is 0 Å². The quantitative estimate of drug-likeness (QED) is 0.299. The highest BCUT2D eigenvalue weighted by atomic mass is 127. The number of aliphatic hydroxyl groups is 1. The first-order chi connectivity index (χ1) is 12.6. The summed E-state index contributed by atoms with van der Waals surface area (Å²) in [7, 11) is 2.18. The van der Waals surface area contributed by atoms with Crippen LogP contribution in [0.1, 0.15) is 51.5 Å². The standard InChI is InChI=1S/C21H36N4O.HI/c1-4-22-21(24-19-10-12-20(26)13-11-19)23-15-14-17(2)25(3)16-18-8-6-5-7-9-18;/h5-9,17,19-20,26H,4,10-16H2,1-3H3,(H2,22,23,24);1H. The number of guanidine groups is 1. The van der Waals surface area contributed by atoms with Crippen molar-refractivity contribution in [2.24, 2.45) is 4.99 Å². The van der Waals surface area contributed by atoms with Crippen LogP contribution in [0.4, 0.5) is 0 Å². The van der Waals surface area contributed by atoms with Crippen molar-refractivity contribution in [2.45, 2.75) is 70.7 Å². The predicted molar refractivity (Wildman–Crippen MR) is 125 cm³/mol. The van der Waals surface area contributed by atoms with Gasteiger partial charge in [0.2, 0.25) is 0 Å². The summed E-state index contributed by atoms with van der Waals surface area (Å²) >= 11 is 0. The smallest absolute Gasteiger partial charge is 0.191 e. The van der Waals surface area contributed by atoms with Gasteiger partial charge in [0.05, 0.1) is 6.10 Å². The molecule has 0 amide bonds. The molecule has 1 aliphatic carbocycles. The van der Waals surface area contributed by atoms with E-state index >= 15 is 0 Å². The van der Waals surface area contributed by atoms with E-state index < -0.39 is 0 Å². The molecule has 5 nitrogen and oxygen atoms in total. The normalized spacial score (nSPS) is 21.4. The fraction of sp³-hybridized carbons (Fsp3) is 0.667. The SMILES string of the molecule is CCNC(=NCCC(C)N(C)Cc1ccccc1)NC1CCC(O)CC1.I. The third kappa shape index (κ3) is 9.25. The van der Waals surface area contributed by atoms with Gasteiger partial charge in [-0.25, -0.2) is 0 Å². The van der Waals surface area contributed by atoms with Crippen molar-refractivity contribution >= 4 is 29.9 Å². The first-order valence-corrected chi connectivity index (χ1v) is 10.1. The molecule has 27 heavy (non-hydrogen) atoms. The molecule has 0 saturated heterocycles. The molecular formula is C21H37IN4O. The Bertz CT molecular complexity index is 532. The Balaban J connectivity index is 0.00000364. The van der Waals surface area contributed by atoms with Gasteiger partial charge in [0, 0.05) is 31.7 Å². The highest BCUT2D eigenvalue weighted by Crippen LogP contribution is 2.18. The van der Waals surface area contributed by atoms with Gasteiger partial charge in [0.1, 0.15) is 0 Å². The summed E-state index contributed by atoms with van der Waals surface area (Å²) in [6.45, 7) is 7.00. The van der Waals surface area contributed by atoms with Gasteiger partial charge in [-0.3, -0.25) is 9.89 Å². The topological polar surface area (TPSA) is 59.9 Å². The zero-order valence-corrected chi connectivity index (χ0v) is 19.4. The van der Waals surface area contributed by atoms with E-state index in [1.54, 1.807) is 0 Å². The predicted octanol–water partition coefficient (Wildman–Crippen LogP) is 3.37. The van der Waals surface area contributed by atoms with Crippen molar-refractivity contribution in [3.63, 3.8) is 0 Å². The molecule has 0 spiro atoms. The van der Waals surface area contributed by atoms with Crippen LogP contribution in [-0.4, -0.2) is 54.3 Å². The van der Waals surface area contributed by atoms with Gasteiger partial charge in [-0.2, -0.15) is 0 Å². The molecule has 2 rings (SSSR count). The summed E-state index contributed by atoms with van der Waals surface area (Å²) in [5.41, 5.74) is 1.35. The summed E-state index contributed by atoms with van der Waals surface area (Å²) in [4.78, 5) is 7.14. The second-order valence-electron chi connectivity index (χ2n) is 7.45. The first kappa shape index (κ1) is 24.2. The van der Waals surface area contributed by atoms with E-state index in [9.17, 15) is 5.11 Å². The molecule has 1 unspecified atom stereocenters. The minimum atomic E-state index is -0.117. The van der Waals surface area contributed by atoms with Gasteiger partial charge < -0.3 is 15.7 Å². The number of aliphatic imine (C=N–C) groups is 1. The zero-order valence-electron chi connectivity index (χ0n) is 17.0. The molecular weight excluding hydrogens is 451 g/mol. The molecule has 1 aromatic rings. The second-order valence-corrected chi connectivity index (χ2v) is 7.45. The molecule has 1 saturated carbocycles. The Morgan fingerprint density at radius 3 is 2.52 bits per heavy atom. The highest BCUT2D eigenvalue weighted by molar-refractivity contribution is 14.0. The fourth-order valence-corrected chi connectivity index (χ4v) is 3.34. The van der Waals surface area contributed by atoms with Crippen molar-refractivity contribution in [3.8, 4) is 0 Å². The van der Waals surface area contributed by atoms with E-state index in [0.29, 0.717) is 12.1 Å². The van der Waals surface area contributed by atoms with Crippen molar-refractivity contribution < 1.29 is 5.11 Å². The first-order valence-electron chi connectivity index (χ1n) is 10.1. The summed E-state index contributed by atoms with van der Waals surface area (Å²) in [6.07, 6.45) is 4.72. The minimum Gasteiger partial charge on any atom is -0.393 e. The number of benzene rings is 1. The Morgan fingerprint density at radius 2 is 1.89 bits per heavy atom. The highest BCUT2D eigenvalue weighted by Gasteiger charge is 2.20. The van der Waals surface area contributed by atoms with Crippen LogP contribution >= 0.6 is 24.0 Å². The van der Waals surface area contributed by atoms with Crippen LogP contribution in [0.25, 0.3) is 0 Å². The fourth-order valence-electron chi connectivity index (χ4n) is 3.34. The molecule has 6 heteroatoms. The average Bonchev–Trinajstić information content (AvgIpc) is 2.64. The Morgan fingerprint density at radius 1 is 1.22 bits per heavy atom. The van der Waals surface area contributed by atoms with E-state index in [1.165, 1.54) is 5.56 Å². The average molecular weight is 488 g/mol. The summed E-state index contributed by atoms with van der Waals surface area (Å²) in [5.74, 6) is 0.909. The van der Waals surface area contributed by atoms with Gasteiger partial charge in [-0.1, -0.05) is 30.3 Å². The lowest BCUT2D eigenvalue weighted by atomic mass is 9.93. The number of hydrogen-bond donors (Lipinski definition) is 3.